The second-order valence-electron chi connectivity index (χ2n) is 7.55. The second kappa shape index (κ2) is 10.8. The molecule has 2 aromatic rings. The lowest BCUT2D eigenvalue weighted by Crippen LogP contribution is -2.46. The Bertz CT molecular complexity index is 756. The molecule has 2 amide bonds. The van der Waals surface area contributed by atoms with Crippen molar-refractivity contribution in [1.29, 1.82) is 0 Å². The first-order chi connectivity index (χ1) is 14.2. The fourth-order valence-electron chi connectivity index (χ4n) is 3.47. The van der Waals surface area contributed by atoms with Gasteiger partial charge in [0.05, 0.1) is 19.4 Å². The van der Waals surface area contributed by atoms with Crippen LogP contribution in [0.15, 0.2) is 53.1 Å². The number of benzene rings is 1. The molecule has 0 bridgehead atoms. The molecule has 0 radical (unpaired) electrons. The molecular formula is C23H30N2O4. The zero-order valence-electron chi connectivity index (χ0n) is 17.1. The third-order valence-electron chi connectivity index (χ3n) is 5.36. The van der Waals surface area contributed by atoms with Gasteiger partial charge in [-0.15, -0.1) is 0 Å². The first-order valence-corrected chi connectivity index (χ1v) is 10.3. The number of ether oxygens (including phenoxy) is 1. The van der Waals surface area contributed by atoms with Crippen LogP contribution in [0, 0.1) is 5.92 Å². The molecule has 1 aromatic heterocycles. The van der Waals surface area contributed by atoms with E-state index < -0.39 is 0 Å². The lowest BCUT2D eigenvalue weighted by molar-refractivity contribution is -0.145. The number of hydrogen-bond donors (Lipinski definition) is 0. The van der Waals surface area contributed by atoms with Gasteiger partial charge in [0.25, 0.3) is 0 Å². The van der Waals surface area contributed by atoms with E-state index in [2.05, 4.69) is 0 Å². The van der Waals surface area contributed by atoms with Gasteiger partial charge in [0.1, 0.15) is 5.76 Å². The fourth-order valence-corrected chi connectivity index (χ4v) is 3.47. The quantitative estimate of drug-likeness (QED) is 0.544. The number of hydrogen-bond acceptors (Lipinski definition) is 4. The molecule has 156 valence electrons. The number of carbonyl (C=O) groups excluding carboxylic acids is 2. The molecule has 0 N–H and O–H groups in total. The first-order valence-electron chi connectivity index (χ1n) is 10.3. The van der Waals surface area contributed by atoms with Crippen molar-refractivity contribution < 1.29 is 18.7 Å². The van der Waals surface area contributed by atoms with Crippen molar-refractivity contribution in [3.63, 3.8) is 0 Å². The zero-order valence-corrected chi connectivity index (χ0v) is 17.1. The molecule has 0 saturated heterocycles. The Morgan fingerprint density at radius 3 is 2.48 bits per heavy atom. The second-order valence-corrected chi connectivity index (χ2v) is 7.55. The Hall–Kier alpha value is -2.60. The highest BCUT2D eigenvalue weighted by Crippen LogP contribution is 2.28. The number of furan rings is 1. The lowest BCUT2D eigenvalue weighted by Gasteiger charge is -2.33. The van der Waals surface area contributed by atoms with E-state index in [0.717, 1.165) is 37.0 Å². The van der Waals surface area contributed by atoms with Crippen molar-refractivity contribution in [3.8, 4) is 0 Å². The normalized spacial score (nSPS) is 13.7. The van der Waals surface area contributed by atoms with Crippen molar-refractivity contribution in [2.75, 3.05) is 26.8 Å². The Balaban J connectivity index is 1.69. The van der Waals surface area contributed by atoms with Gasteiger partial charge in [0, 0.05) is 32.7 Å². The molecule has 6 nitrogen and oxygen atoms in total. The van der Waals surface area contributed by atoms with Crippen LogP contribution in [-0.4, -0.2) is 48.4 Å². The number of methoxy groups -OCH3 is 1. The third kappa shape index (κ3) is 6.19. The molecule has 1 aromatic carbocycles. The standard InChI is InChI=1S/C23H30N2O4/c1-28-14-7-13-24(23(27)20-10-5-11-20)18-22(26)25(17-21-12-6-15-29-21)16-19-8-3-2-4-9-19/h2-4,6,8-9,12,15,20H,5,7,10-11,13-14,16-18H2,1H3. The van der Waals surface area contributed by atoms with Crippen LogP contribution in [0.4, 0.5) is 0 Å². The minimum Gasteiger partial charge on any atom is -0.467 e. The third-order valence-corrected chi connectivity index (χ3v) is 5.36. The van der Waals surface area contributed by atoms with Gasteiger partial charge in [-0.3, -0.25) is 9.59 Å². The zero-order chi connectivity index (χ0) is 20.5. The van der Waals surface area contributed by atoms with Crippen LogP contribution >= 0.6 is 0 Å². The number of nitrogens with zero attached hydrogens (tertiary/aromatic N) is 2. The Labute approximate surface area is 172 Å². The molecule has 6 heteroatoms. The van der Waals surface area contributed by atoms with Gasteiger partial charge < -0.3 is 19.0 Å². The van der Waals surface area contributed by atoms with Crippen molar-refractivity contribution >= 4 is 11.8 Å². The van der Waals surface area contributed by atoms with E-state index in [1.54, 1.807) is 23.2 Å². The van der Waals surface area contributed by atoms with E-state index in [1.807, 2.05) is 42.5 Å². The Kier molecular flexibility index (Phi) is 7.87. The van der Waals surface area contributed by atoms with Crippen LogP contribution in [0.3, 0.4) is 0 Å². The minimum absolute atomic E-state index is 0.0676. The molecule has 0 spiro atoms. The van der Waals surface area contributed by atoms with Crippen LogP contribution in [-0.2, 0) is 27.4 Å². The van der Waals surface area contributed by atoms with Crippen molar-refractivity contribution in [2.24, 2.45) is 5.92 Å². The Morgan fingerprint density at radius 1 is 1.07 bits per heavy atom. The molecule has 1 fully saturated rings. The fraction of sp³-hybridized carbons (Fsp3) is 0.478. The maximum atomic E-state index is 13.2. The molecule has 0 atom stereocenters. The highest BCUT2D eigenvalue weighted by atomic mass is 16.5. The largest absolute Gasteiger partial charge is 0.467 e. The lowest BCUT2D eigenvalue weighted by atomic mass is 9.84. The van der Waals surface area contributed by atoms with Gasteiger partial charge in [0.15, 0.2) is 0 Å². The first kappa shape index (κ1) is 21.1. The molecule has 3 rings (SSSR count). The van der Waals surface area contributed by atoms with Gasteiger partial charge in [-0.1, -0.05) is 36.8 Å². The van der Waals surface area contributed by atoms with Gasteiger partial charge >= 0.3 is 0 Å². The van der Waals surface area contributed by atoms with E-state index in [-0.39, 0.29) is 24.3 Å². The summed E-state index contributed by atoms with van der Waals surface area (Å²) in [7, 11) is 1.65. The average Bonchev–Trinajstić information content (AvgIpc) is 3.19. The number of carbonyl (C=O) groups is 2. The highest BCUT2D eigenvalue weighted by Gasteiger charge is 2.31. The molecule has 0 unspecified atom stereocenters. The van der Waals surface area contributed by atoms with E-state index in [9.17, 15) is 9.59 Å². The minimum atomic E-state index is -0.0738. The summed E-state index contributed by atoms with van der Waals surface area (Å²) in [4.78, 5) is 29.5. The van der Waals surface area contributed by atoms with Crippen LogP contribution in [0.5, 0.6) is 0 Å². The predicted octanol–water partition coefficient (Wildman–Crippen LogP) is 3.47. The van der Waals surface area contributed by atoms with E-state index in [0.29, 0.717) is 26.2 Å². The molecule has 1 heterocycles. The van der Waals surface area contributed by atoms with Gasteiger partial charge in [-0.2, -0.15) is 0 Å². The van der Waals surface area contributed by atoms with Crippen molar-refractivity contribution in [2.45, 2.75) is 38.8 Å². The summed E-state index contributed by atoms with van der Waals surface area (Å²) in [6.45, 7) is 2.05. The maximum Gasteiger partial charge on any atom is 0.242 e. The summed E-state index contributed by atoms with van der Waals surface area (Å²) in [6.07, 6.45) is 5.27. The highest BCUT2D eigenvalue weighted by molar-refractivity contribution is 5.86. The van der Waals surface area contributed by atoms with Crippen molar-refractivity contribution in [3.05, 3.63) is 60.1 Å². The molecule has 1 aliphatic rings. The monoisotopic (exact) mass is 398 g/mol. The smallest absolute Gasteiger partial charge is 0.242 e. The van der Waals surface area contributed by atoms with Crippen LogP contribution < -0.4 is 0 Å². The molecular weight excluding hydrogens is 368 g/mol. The SMILES string of the molecule is COCCCN(CC(=O)N(Cc1ccccc1)Cc1ccco1)C(=O)C1CCC1. The predicted molar refractivity (Wildman–Crippen MR) is 110 cm³/mol. The van der Waals surface area contributed by atoms with E-state index in [1.165, 1.54) is 0 Å². The summed E-state index contributed by atoms with van der Waals surface area (Å²) >= 11 is 0. The van der Waals surface area contributed by atoms with Crippen LogP contribution in [0.1, 0.15) is 37.0 Å². The summed E-state index contributed by atoms with van der Waals surface area (Å²) < 4.78 is 10.6. The van der Waals surface area contributed by atoms with Gasteiger partial charge in [-0.25, -0.2) is 0 Å². The summed E-state index contributed by atoms with van der Waals surface area (Å²) in [5, 5.41) is 0. The average molecular weight is 399 g/mol. The maximum absolute atomic E-state index is 13.2. The van der Waals surface area contributed by atoms with E-state index >= 15 is 0 Å². The number of amides is 2. The molecule has 1 aliphatic carbocycles. The molecule has 0 aliphatic heterocycles. The summed E-state index contributed by atoms with van der Waals surface area (Å²) in [6, 6.07) is 13.6. The van der Waals surface area contributed by atoms with Crippen molar-refractivity contribution in [1.82, 2.24) is 9.80 Å². The molecule has 1 saturated carbocycles. The van der Waals surface area contributed by atoms with Crippen LogP contribution in [0.25, 0.3) is 0 Å². The van der Waals surface area contributed by atoms with Crippen LogP contribution in [0.2, 0.25) is 0 Å². The molecule has 29 heavy (non-hydrogen) atoms. The Morgan fingerprint density at radius 2 is 1.86 bits per heavy atom. The van der Waals surface area contributed by atoms with Gasteiger partial charge in [0.2, 0.25) is 11.8 Å². The topological polar surface area (TPSA) is 63.0 Å². The van der Waals surface area contributed by atoms with Gasteiger partial charge in [-0.05, 0) is 37.0 Å². The van der Waals surface area contributed by atoms with E-state index in [4.69, 9.17) is 9.15 Å². The summed E-state index contributed by atoms with van der Waals surface area (Å²) in [5.41, 5.74) is 1.05. The summed E-state index contributed by atoms with van der Waals surface area (Å²) in [5.74, 6) is 0.817. The number of rotatable bonds is 11.